The molecule has 1 aromatic carbocycles. The maximum atomic E-state index is 12.4. The van der Waals surface area contributed by atoms with Crippen LogP contribution < -0.4 is 5.32 Å². The average molecular weight is 309 g/mol. The SMILES string of the molecule is Cc1ccc(NC(=O)[C@H]2CCCN2C(=O)C(C)C)c(Cl)c1. The van der Waals surface area contributed by atoms with Gasteiger partial charge in [0.25, 0.3) is 0 Å². The summed E-state index contributed by atoms with van der Waals surface area (Å²) in [7, 11) is 0. The molecule has 0 radical (unpaired) electrons. The van der Waals surface area contributed by atoms with Gasteiger partial charge in [0, 0.05) is 12.5 Å². The minimum Gasteiger partial charge on any atom is -0.330 e. The third-order valence-corrected chi connectivity index (χ3v) is 4.03. The van der Waals surface area contributed by atoms with Crippen LogP contribution in [0.15, 0.2) is 18.2 Å². The molecular formula is C16H21ClN2O2. The molecule has 0 unspecified atom stereocenters. The van der Waals surface area contributed by atoms with Crippen LogP contribution in [-0.2, 0) is 9.59 Å². The van der Waals surface area contributed by atoms with Gasteiger partial charge in [-0.3, -0.25) is 9.59 Å². The lowest BCUT2D eigenvalue weighted by Gasteiger charge is -2.25. The molecule has 0 spiro atoms. The van der Waals surface area contributed by atoms with E-state index >= 15 is 0 Å². The van der Waals surface area contributed by atoms with Crippen LogP contribution >= 0.6 is 11.6 Å². The first-order valence-corrected chi connectivity index (χ1v) is 7.65. The Labute approximate surface area is 130 Å². The topological polar surface area (TPSA) is 49.4 Å². The number of anilines is 1. The van der Waals surface area contributed by atoms with Crippen LogP contribution in [0.1, 0.15) is 32.3 Å². The first kappa shape index (κ1) is 15.8. The zero-order chi connectivity index (χ0) is 15.6. The number of amides is 2. The molecule has 1 atom stereocenters. The number of nitrogens with one attached hydrogen (secondary N) is 1. The van der Waals surface area contributed by atoms with Crippen molar-refractivity contribution in [2.45, 2.75) is 39.7 Å². The first-order valence-electron chi connectivity index (χ1n) is 7.27. The lowest BCUT2D eigenvalue weighted by atomic mass is 10.1. The molecule has 114 valence electrons. The van der Waals surface area contributed by atoms with E-state index in [1.807, 2.05) is 32.9 Å². The lowest BCUT2D eigenvalue weighted by molar-refractivity contribution is -0.139. The predicted molar refractivity (Wildman–Crippen MR) is 84.4 cm³/mol. The van der Waals surface area contributed by atoms with E-state index in [1.165, 1.54) is 0 Å². The quantitative estimate of drug-likeness (QED) is 0.932. The van der Waals surface area contributed by atoms with Gasteiger partial charge in [0.2, 0.25) is 11.8 Å². The van der Waals surface area contributed by atoms with Gasteiger partial charge in [-0.2, -0.15) is 0 Å². The van der Waals surface area contributed by atoms with E-state index in [4.69, 9.17) is 11.6 Å². The number of carbonyl (C=O) groups excluding carboxylic acids is 2. The average Bonchev–Trinajstić information content (AvgIpc) is 2.90. The number of halogens is 1. The molecular weight excluding hydrogens is 288 g/mol. The second-order valence-corrected chi connectivity index (χ2v) is 6.22. The van der Waals surface area contributed by atoms with E-state index in [-0.39, 0.29) is 17.7 Å². The Bertz CT molecular complexity index is 557. The summed E-state index contributed by atoms with van der Waals surface area (Å²) in [6.45, 7) is 6.30. The molecule has 1 aliphatic rings. The maximum Gasteiger partial charge on any atom is 0.247 e. The van der Waals surface area contributed by atoms with Crippen LogP contribution in [0.25, 0.3) is 0 Å². The van der Waals surface area contributed by atoms with Crippen molar-refractivity contribution in [1.82, 2.24) is 4.90 Å². The normalized spacial score (nSPS) is 18.1. The Balaban J connectivity index is 2.10. The van der Waals surface area contributed by atoms with Crippen molar-refractivity contribution in [2.24, 2.45) is 5.92 Å². The summed E-state index contributed by atoms with van der Waals surface area (Å²) in [5.74, 6) is -0.226. The molecule has 1 aliphatic heterocycles. The Hall–Kier alpha value is -1.55. The van der Waals surface area contributed by atoms with Crippen molar-refractivity contribution in [3.63, 3.8) is 0 Å². The highest BCUT2D eigenvalue weighted by molar-refractivity contribution is 6.33. The van der Waals surface area contributed by atoms with Crippen molar-refractivity contribution in [2.75, 3.05) is 11.9 Å². The molecule has 1 heterocycles. The smallest absolute Gasteiger partial charge is 0.247 e. The van der Waals surface area contributed by atoms with Crippen LogP contribution in [0.2, 0.25) is 5.02 Å². The maximum absolute atomic E-state index is 12.4. The monoisotopic (exact) mass is 308 g/mol. The van der Waals surface area contributed by atoms with Crippen molar-refractivity contribution < 1.29 is 9.59 Å². The second kappa shape index (κ2) is 6.48. The Morgan fingerprint density at radius 2 is 2.10 bits per heavy atom. The van der Waals surface area contributed by atoms with Gasteiger partial charge in [-0.1, -0.05) is 31.5 Å². The molecule has 0 bridgehead atoms. The zero-order valence-corrected chi connectivity index (χ0v) is 13.4. The number of hydrogen-bond donors (Lipinski definition) is 1. The van der Waals surface area contributed by atoms with E-state index in [9.17, 15) is 9.59 Å². The van der Waals surface area contributed by atoms with E-state index in [1.54, 1.807) is 11.0 Å². The van der Waals surface area contributed by atoms with Gasteiger partial charge in [-0.25, -0.2) is 0 Å². The van der Waals surface area contributed by atoms with Crippen molar-refractivity contribution in [3.8, 4) is 0 Å². The number of carbonyl (C=O) groups is 2. The fraction of sp³-hybridized carbons (Fsp3) is 0.500. The van der Waals surface area contributed by atoms with Crippen LogP contribution in [0.5, 0.6) is 0 Å². The highest BCUT2D eigenvalue weighted by Gasteiger charge is 2.35. The molecule has 1 saturated heterocycles. The molecule has 0 saturated carbocycles. The fourth-order valence-corrected chi connectivity index (χ4v) is 2.85. The van der Waals surface area contributed by atoms with Crippen molar-refractivity contribution in [1.29, 1.82) is 0 Å². The van der Waals surface area contributed by atoms with E-state index < -0.39 is 6.04 Å². The first-order chi connectivity index (χ1) is 9.90. The highest BCUT2D eigenvalue weighted by Crippen LogP contribution is 2.25. The third-order valence-electron chi connectivity index (χ3n) is 3.71. The molecule has 0 aromatic heterocycles. The van der Waals surface area contributed by atoms with Gasteiger partial charge in [0.05, 0.1) is 10.7 Å². The minimum absolute atomic E-state index is 0.0302. The zero-order valence-electron chi connectivity index (χ0n) is 12.6. The van der Waals surface area contributed by atoms with Crippen LogP contribution in [-0.4, -0.2) is 29.3 Å². The number of rotatable bonds is 3. The molecule has 1 fully saturated rings. The number of aryl methyl sites for hydroxylation is 1. The largest absolute Gasteiger partial charge is 0.330 e. The summed E-state index contributed by atoms with van der Waals surface area (Å²) in [5, 5.41) is 3.36. The van der Waals surface area contributed by atoms with Gasteiger partial charge >= 0.3 is 0 Å². The summed E-state index contributed by atoms with van der Waals surface area (Å²) in [4.78, 5) is 26.3. The summed E-state index contributed by atoms with van der Waals surface area (Å²) >= 11 is 6.13. The molecule has 5 heteroatoms. The third kappa shape index (κ3) is 3.56. The summed E-state index contributed by atoms with van der Waals surface area (Å²) in [5.41, 5.74) is 1.63. The summed E-state index contributed by atoms with van der Waals surface area (Å²) in [6.07, 6.45) is 1.56. The molecule has 1 N–H and O–H groups in total. The fourth-order valence-electron chi connectivity index (χ4n) is 2.57. The summed E-state index contributed by atoms with van der Waals surface area (Å²) in [6, 6.07) is 5.10. The number of hydrogen-bond acceptors (Lipinski definition) is 2. The summed E-state index contributed by atoms with van der Waals surface area (Å²) < 4.78 is 0. The molecule has 2 amide bonds. The highest BCUT2D eigenvalue weighted by atomic mass is 35.5. The van der Waals surface area contributed by atoms with Gasteiger partial charge in [-0.05, 0) is 37.5 Å². The standard InChI is InChI=1S/C16H21ClN2O2/c1-10(2)16(21)19-8-4-5-14(19)15(20)18-13-7-6-11(3)9-12(13)17/h6-7,9-10,14H,4-5,8H2,1-3H3,(H,18,20)/t14-/m1/s1. The van der Waals surface area contributed by atoms with Crippen molar-refractivity contribution >= 4 is 29.1 Å². The second-order valence-electron chi connectivity index (χ2n) is 5.82. The van der Waals surface area contributed by atoms with Crippen LogP contribution in [0.3, 0.4) is 0 Å². The Kier molecular flexibility index (Phi) is 4.88. The Morgan fingerprint density at radius 1 is 1.38 bits per heavy atom. The lowest BCUT2D eigenvalue weighted by Crippen LogP contribution is -2.44. The van der Waals surface area contributed by atoms with E-state index in [0.29, 0.717) is 23.7 Å². The number of likely N-dealkylation sites (tertiary alicyclic amines) is 1. The molecule has 21 heavy (non-hydrogen) atoms. The van der Waals surface area contributed by atoms with E-state index in [0.717, 1.165) is 12.0 Å². The van der Waals surface area contributed by atoms with Gasteiger partial charge in [0.15, 0.2) is 0 Å². The van der Waals surface area contributed by atoms with Crippen LogP contribution in [0, 0.1) is 12.8 Å². The molecule has 0 aliphatic carbocycles. The Morgan fingerprint density at radius 3 is 2.71 bits per heavy atom. The minimum atomic E-state index is -0.391. The van der Waals surface area contributed by atoms with Gasteiger partial charge < -0.3 is 10.2 Å². The molecule has 2 rings (SSSR count). The molecule has 4 nitrogen and oxygen atoms in total. The van der Waals surface area contributed by atoms with E-state index in [2.05, 4.69) is 5.32 Å². The number of benzene rings is 1. The van der Waals surface area contributed by atoms with Gasteiger partial charge in [-0.15, -0.1) is 0 Å². The number of nitrogens with zero attached hydrogens (tertiary/aromatic N) is 1. The predicted octanol–water partition coefficient (Wildman–Crippen LogP) is 3.23. The van der Waals surface area contributed by atoms with Gasteiger partial charge in [0.1, 0.15) is 6.04 Å². The van der Waals surface area contributed by atoms with Crippen LogP contribution in [0.4, 0.5) is 5.69 Å². The molecule has 1 aromatic rings. The van der Waals surface area contributed by atoms with Crippen molar-refractivity contribution in [3.05, 3.63) is 28.8 Å².